The summed E-state index contributed by atoms with van der Waals surface area (Å²) < 4.78 is 0. The van der Waals surface area contributed by atoms with E-state index in [1.54, 1.807) is 11.3 Å². The van der Waals surface area contributed by atoms with Gasteiger partial charge >= 0.3 is 0 Å². The maximum atomic E-state index is 12.3. The predicted molar refractivity (Wildman–Crippen MR) is 82.2 cm³/mol. The van der Waals surface area contributed by atoms with E-state index in [0.29, 0.717) is 5.92 Å². The molecule has 5 heteroatoms. The molecule has 1 aliphatic carbocycles. The first kappa shape index (κ1) is 14.0. The summed E-state index contributed by atoms with van der Waals surface area (Å²) >= 11 is 1.66. The number of amides is 1. The Morgan fingerprint density at radius 3 is 3.10 bits per heavy atom. The van der Waals surface area contributed by atoms with E-state index in [1.165, 1.54) is 29.8 Å². The summed E-state index contributed by atoms with van der Waals surface area (Å²) in [6, 6.07) is -0.0466. The van der Waals surface area contributed by atoms with E-state index in [4.69, 9.17) is 0 Å². The van der Waals surface area contributed by atoms with Gasteiger partial charge in [-0.15, -0.1) is 11.3 Å². The molecule has 1 amide bonds. The molecule has 1 fully saturated rings. The number of carbonyl (C=O) groups is 1. The quantitative estimate of drug-likeness (QED) is 0.901. The van der Waals surface area contributed by atoms with Gasteiger partial charge in [-0.25, -0.2) is 4.98 Å². The normalized spacial score (nSPS) is 26.1. The van der Waals surface area contributed by atoms with Crippen LogP contribution in [0.25, 0.3) is 0 Å². The van der Waals surface area contributed by atoms with Gasteiger partial charge in [0, 0.05) is 4.88 Å². The zero-order valence-corrected chi connectivity index (χ0v) is 12.9. The third-order valence-corrected chi connectivity index (χ3v) is 5.55. The van der Waals surface area contributed by atoms with Gasteiger partial charge in [-0.05, 0) is 51.0 Å². The van der Waals surface area contributed by atoms with Crippen LogP contribution < -0.4 is 10.6 Å². The second-order valence-electron chi connectivity index (χ2n) is 5.89. The Kier molecular flexibility index (Phi) is 4.36. The van der Waals surface area contributed by atoms with Gasteiger partial charge in [-0.2, -0.15) is 0 Å². The summed E-state index contributed by atoms with van der Waals surface area (Å²) in [7, 11) is 0. The second kappa shape index (κ2) is 6.22. The number of carbonyl (C=O) groups excluding carboxylic acids is 1. The molecule has 0 spiro atoms. The van der Waals surface area contributed by atoms with Crippen LogP contribution in [0.5, 0.6) is 0 Å². The first-order valence-electron chi connectivity index (χ1n) is 7.79. The van der Waals surface area contributed by atoms with E-state index in [9.17, 15) is 4.79 Å². The molecule has 110 valence electrons. The SMILES string of the molecule is CCC1CCNC(C(=O)Nc2nc3c(s2)CCCC3)C1. The third-order valence-electron chi connectivity index (χ3n) is 4.48. The number of hydrogen-bond acceptors (Lipinski definition) is 4. The Morgan fingerprint density at radius 1 is 1.45 bits per heavy atom. The summed E-state index contributed by atoms with van der Waals surface area (Å²) in [6.45, 7) is 3.16. The Balaban J connectivity index is 1.62. The summed E-state index contributed by atoms with van der Waals surface area (Å²) in [5, 5.41) is 7.14. The molecule has 2 atom stereocenters. The highest BCUT2D eigenvalue weighted by atomic mass is 32.1. The Morgan fingerprint density at radius 2 is 2.30 bits per heavy atom. The lowest BCUT2D eigenvalue weighted by molar-refractivity contribution is -0.119. The lowest BCUT2D eigenvalue weighted by Crippen LogP contribution is -2.46. The van der Waals surface area contributed by atoms with Crippen molar-refractivity contribution in [1.82, 2.24) is 10.3 Å². The average Bonchev–Trinajstić information content (AvgIpc) is 2.89. The van der Waals surface area contributed by atoms with Gasteiger partial charge in [0.05, 0.1) is 11.7 Å². The first-order chi connectivity index (χ1) is 9.76. The molecule has 2 unspecified atom stereocenters. The van der Waals surface area contributed by atoms with Gasteiger partial charge in [0.1, 0.15) is 0 Å². The zero-order chi connectivity index (χ0) is 13.9. The van der Waals surface area contributed by atoms with Crippen LogP contribution in [0.2, 0.25) is 0 Å². The number of thiazole rings is 1. The van der Waals surface area contributed by atoms with Crippen molar-refractivity contribution in [1.29, 1.82) is 0 Å². The smallest absolute Gasteiger partial charge is 0.243 e. The van der Waals surface area contributed by atoms with Crippen molar-refractivity contribution in [3.05, 3.63) is 10.6 Å². The molecule has 0 saturated carbocycles. The number of aryl methyl sites for hydroxylation is 2. The highest BCUT2D eigenvalue weighted by Crippen LogP contribution is 2.30. The largest absolute Gasteiger partial charge is 0.306 e. The molecule has 0 radical (unpaired) electrons. The van der Waals surface area contributed by atoms with Crippen molar-refractivity contribution in [2.75, 3.05) is 11.9 Å². The van der Waals surface area contributed by atoms with E-state index >= 15 is 0 Å². The molecule has 3 rings (SSSR count). The van der Waals surface area contributed by atoms with Gasteiger partial charge in [-0.1, -0.05) is 13.3 Å². The van der Waals surface area contributed by atoms with Crippen LogP contribution in [0.15, 0.2) is 0 Å². The minimum absolute atomic E-state index is 0.0466. The van der Waals surface area contributed by atoms with E-state index in [1.807, 2.05) is 0 Å². The van der Waals surface area contributed by atoms with Gasteiger partial charge in [-0.3, -0.25) is 4.79 Å². The summed E-state index contributed by atoms with van der Waals surface area (Å²) in [5.74, 6) is 0.769. The Hall–Kier alpha value is -0.940. The highest BCUT2D eigenvalue weighted by Gasteiger charge is 2.27. The van der Waals surface area contributed by atoms with Crippen LogP contribution in [0.4, 0.5) is 5.13 Å². The van der Waals surface area contributed by atoms with Crippen molar-refractivity contribution in [3.8, 4) is 0 Å². The maximum Gasteiger partial charge on any atom is 0.243 e. The highest BCUT2D eigenvalue weighted by molar-refractivity contribution is 7.15. The molecule has 0 bridgehead atoms. The van der Waals surface area contributed by atoms with Crippen molar-refractivity contribution in [2.45, 2.75) is 57.9 Å². The Labute approximate surface area is 124 Å². The second-order valence-corrected chi connectivity index (χ2v) is 6.97. The van der Waals surface area contributed by atoms with Crippen molar-refractivity contribution >= 4 is 22.4 Å². The number of nitrogens with zero attached hydrogens (tertiary/aromatic N) is 1. The monoisotopic (exact) mass is 293 g/mol. The molecule has 2 aliphatic rings. The van der Waals surface area contributed by atoms with Crippen LogP contribution in [-0.4, -0.2) is 23.5 Å². The topological polar surface area (TPSA) is 54.0 Å². The molecule has 0 aromatic carbocycles. The molecule has 4 nitrogen and oxygen atoms in total. The third kappa shape index (κ3) is 3.04. The molecule has 1 aliphatic heterocycles. The average molecular weight is 293 g/mol. The fourth-order valence-electron chi connectivity index (χ4n) is 3.16. The minimum atomic E-state index is -0.0466. The number of piperidine rings is 1. The van der Waals surface area contributed by atoms with Gasteiger partial charge in [0.25, 0.3) is 0 Å². The molecular weight excluding hydrogens is 270 g/mol. The lowest BCUT2D eigenvalue weighted by Gasteiger charge is -2.28. The molecule has 2 N–H and O–H groups in total. The van der Waals surface area contributed by atoms with Crippen molar-refractivity contribution < 1.29 is 4.79 Å². The fourth-order valence-corrected chi connectivity index (χ4v) is 4.22. The summed E-state index contributed by atoms with van der Waals surface area (Å²) in [5.41, 5.74) is 1.21. The van der Waals surface area contributed by atoms with E-state index in [0.717, 1.165) is 37.4 Å². The van der Waals surface area contributed by atoms with Gasteiger partial charge < -0.3 is 10.6 Å². The van der Waals surface area contributed by atoms with Gasteiger partial charge in [0.2, 0.25) is 5.91 Å². The first-order valence-corrected chi connectivity index (χ1v) is 8.60. The molecular formula is C15H23N3OS. The maximum absolute atomic E-state index is 12.3. The minimum Gasteiger partial charge on any atom is -0.306 e. The molecule has 1 aromatic heterocycles. The molecule has 1 aromatic rings. The number of aromatic nitrogens is 1. The number of fused-ring (bicyclic) bond motifs is 1. The Bertz CT molecular complexity index is 462. The van der Waals surface area contributed by atoms with Gasteiger partial charge in [0.15, 0.2) is 5.13 Å². The van der Waals surface area contributed by atoms with E-state index in [2.05, 4.69) is 22.5 Å². The predicted octanol–water partition coefficient (Wildman–Crippen LogP) is 2.74. The van der Waals surface area contributed by atoms with Crippen LogP contribution in [0.1, 0.15) is 49.6 Å². The van der Waals surface area contributed by atoms with Crippen LogP contribution in [-0.2, 0) is 17.6 Å². The molecule has 20 heavy (non-hydrogen) atoms. The summed E-state index contributed by atoms with van der Waals surface area (Å²) in [6.07, 6.45) is 7.98. The van der Waals surface area contributed by atoms with Crippen LogP contribution in [0, 0.1) is 5.92 Å². The van der Waals surface area contributed by atoms with Crippen molar-refractivity contribution in [2.24, 2.45) is 5.92 Å². The molecule has 2 heterocycles. The number of rotatable bonds is 3. The number of hydrogen-bond donors (Lipinski definition) is 2. The number of nitrogens with one attached hydrogen (secondary N) is 2. The zero-order valence-electron chi connectivity index (χ0n) is 12.1. The van der Waals surface area contributed by atoms with E-state index in [-0.39, 0.29) is 11.9 Å². The fraction of sp³-hybridized carbons (Fsp3) is 0.733. The van der Waals surface area contributed by atoms with Crippen LogP contribution >= 0.6 is 11.3 Å². The van der Waals surface area contributed by atoms with E-state index < -0.39 is 0 Å². The van der Waals surface area contributed by atoms with Crippen LogP contribution in [0.3, 0.4) is 0 Å². The lowest BCUT2D eigenvalue weighted by atomic mass is 9.90. The molecule has 1 saturated heterocycles. The number of anilines is 1. The van der Waals surface area contributed by atoms with Crippen molar-refractivity contribution in [3.63, 3.8) is 0 Å². The standard InChI is InChI=1S/C15H23N3OS/c1-2-10-7-8-16-12(9-10)14(19)18-15-17-11-5-3-4-6-13(11)20-15/h10,12,16H,2-9H2,1H3,(H,17,18,19). The summed E-state index contributed by atoms with van der Waals surface area (Å²) in [4.78, 5) is 18.3.